The number of aliphatic hydroxyl groups is 1. The first-order valence-corrected chi connectivity index (χ1v) is 10.4. The summed E-state index contributed by atoms with van der Waals surface area (Å²) in [6.45, 7) is 3.71. The maximum atomic E-state index is 13.4. The Morgan fingerprint density at radius 2 is 1.73 bits per heavy atom. The molecule has 33 heavy (non-hydrogen) atoms. The van der Waals surface area contributed by atoms with Gasteiger partial charge in [-0.15, -0.1) is 0 Å². The molecule has 1 fully saturated rings. The van der Waals surface area contributed by atoms with Crippen LogP contribution in [-0.4, -0.2) is 33.8 Å². The number of amides is 1. The van der Waals surface area contributed by atoms with Gasteiger partial charge in [-0.2, -0.15) is 0 Å². The average Bonchev–Trinajstić information content (AvgIpc) is 3.06. The minimum Gasteiger partial charge on any atom is -0.507 e. The predicted molar refractivity (Wildman–Crippen MR) is 121 cm³/mol. The van der Waals surface area contributed by atoms with E-state index in [-0.39, 0.29) is 17.9 Å². The fourth-order valence-corrected chi connectivity index (χ4v) is 4.13. The van der Waals surface area contributed by atoms with Crippen molar-refractivity contribution in [2.75, 3.05) is 7.11 Å². The van der Waals surface area contributed by atoms with E-state index >= 15 is 0 Å². The summed E-state index contributed by atoms with van der Waals surface area (Å²) in [6, 6.07) is 11.8. The van der Waals surface area contributed by atoms with Gasteiger partial charge in [0.25, 0.3) is 11.7 Å². The van der Waals surface area contributed by atoms with Gasteiger partial charge < -0.3 is 14.7 Å². The van der Waals surface area contributed by atoms with Crippen LogP contribution < -0.4 is 4.74 Å². The predicted octanol–water partition coefficient (Wildman–Crippen LogP) is 4.47. The Morgan fingerprint density at radius 3 is 2.36 bits per heavy atom. The van der Waals surface area contributed by atoms with E-state index in [0.29, 0.717) is 28.0 Å². The topological polar surface area (TPSA) is 79.7 Å². The number of methoxy groups -OCH3 is 1. The summed E-state index contributed by atoms with van der Waals surface area (Å²) < 4.78 is 18.7. The van der Waals surface area contributed by atoms with Crippen LogP contribution in [0.2, 0.25) is 0 Å². The third kappa shape index (κ3) is 4.09. The van der Waals surface area contributed by atoms with Gasteiger partial charge in [-0.3, -0.25) is 14.6 Å². The molecule has 1 atom stereocenters. The second-order valence-electron chi connectivity index (χ2n) is 7.97. The molecular formula is C26H23FN2O4. The van der Waals surface area contributed by atoms with Crippen LogP contribution in [0.1, 0.15) is 33.9 Å². The van der Waals surface area contributed by atoms with Gasteiger partial charge in [-0.25, -0.2) is 4.39 Å². The lowest BCUT2D eigenvalue weighted by atomic mass is 9.93. The van der Waals surface area contributed by atoms with Crippen molar-refractivity contribution < 1.29 is 23.8 Å². The van der Waals surface area contributed by atoms with Crippen molar-refractivity contribution in [3.05, 3.63) is 100 Å². The first-order chi connectivity index (χ1) is 15.8. The monoisotopic (exact) mass is 446 g/mol. The number of ketones is 1. The summed E-state index contributed by atoms with van der Waals surface area (Å²) in [4.78, 5) is 31.7. The lowest BCUT2D eigenvalue weighted by Crippen LogP contribution is -2.29. The molecule has 1 N–H and O–H groups in total. The molecule has 3 aromatic rings. The van der Waals surface area contributed by atoms with Crippen LogP contribution in [0.3, 0.4) is 0 Å². The van der Waals surface area contributed by atoms with Crippen molar-refractivity contribution in [3.8, 4) is 5.75 Å². The zero-order valence-corrected chi connectivity index (χ0v) is 18.5. The number of Topliss-reactive ketones (excluding diaryl/α,β-unsaturated/α-hetero) is 1. The SMILES string of the molecule is COc1cc(C)c(/C(O)=C2\C(=O)C(=O)N(Cc3ccc(F)cc3)C2c2ccncc2)cc1C. The molecule has 7 heteroatoms. The Morgan fingerprint density at radius 1 is 1.06 bits per heavy atom. The maximum Gasteiger partial charge on any atom is 0.295 e. The number of benzene rings is 2. The van der Waals surface area contributed by atoms with Gasteiger partial charge in [0.2, 0.25) is 0 Å². The maximum absolute atomic E-state index is 13.4. The minimum absolute atomic E-state index is 0.000906. The smallest absolute Gasteiger partial charge is 0.295 e. The van der Waals surface area contributed by atoms with E-state index in [1.54, 1.807) is 62.8 Å². The van der Waals surface area contributed by atoms with Crippen LogP contribution in [0.25, 0.3) is 5.76 Å². The lowest BCUT2D eigenvalue weighted by molar-refractivity contribution is -0.140. The first kappa shape index (κ1) is 22.2. The van der Waals surface area contributed by atoms with Gasteiger partial charge >= 0.3 is 0 Å². The van der Waals surface area contributed by atoms with E-state index < -0.39 is 23.5 Å². The largest absolute Gasteiger partial charge is 0.507 e. The summed E-state index contributed by atoms with van der Waals surface area (Å²) >= 11 is 0. The molecule has 4 rings (SSSR count). The number of rotatable bonds is 5. The van der Waals surface area contributed by atoms with Crippen molar-refractivity contribution in [1.82, 2.24) is 9.88 Å². The quantitative estimate of drug-likeness (QED) is 0.355. The number of ether oxygens (including phenoxy) is 1. The van der Waals surface area contributed by atoms with Crippen LogP contribution in [0.15, 0.2) is 66.5 Å². The number of carbonyl (C=O) groups is 2. The van der Waals surface area contributed by atoms with Gasteiger partial charge in [0.15, 0.2) is 0 Å². The molecular weight excluding hydrogens is 423 g/mol. The second-order valence-corrected chi connectivity index (χ2v) is 7.97. The molecule has 1 amide bonds. The molecule has 1 saturated heterocycles. The average molecular weight is 446 g/mol. The van der Waals surface area contributed by atoms with Gasteiger partial charge in [-0.1, -0.05) is 12.1 Å². The molecule has 1 unspecified atom stereocenters. The Bertz CT molecular complexity index is 1250. The molecule has 6 nitrogen and oxygen atoms in total. The number of aryl methyl sites for hydroxylation is 2. The van der Waals surface area contributed by atoms with Crippen LogP contribution in [0, 0.1) is 19.7 Å². The summed E-state index contributed by atoms with van der Waals surface area (Å²) in [5, 5.41) is 11.3. The highest BCUT2D eigenvalue weighted by Gasteiger charge is 2.46. The fourth-order valence-electron chi connectivity index (χ4n) is 4.13. The Balaban J connectivity index is 1.87. The van der Waals surface area contributed by atoms with Crippen molar-refractivity contribution in [1.29, 1.82) is 0 Å². The summed E-state index contributed by atoms with van der Waals surface area (Å²) in [5.41, 5.74) is 3.23. The molecule has 0 saturated carbocycles. The molecule has 1 aromatic heterocycles. The minimum atomic E-state index is -0.820. The molecule has 0 spiro atoms. The number of aliphatic hydroxyl groups excluding tert-OH is 1. The molecule has 168 valence electrons. The molecule has 0 bridgehead atoms. The van der Waals surface area contributed by atoms with E-state index in [9.17, 15) is 19.1 Å². The normalized spacial score (nSPS) is 17.5. The number of likely N-dealkylation sites (tertiary alicyclic amines) is 1. The number of nitrogens with zero attached hydrogens (tertiary/aromatic N) is 2. The van der Waals surface area contributed by atoms with Crippen LogP contribution >= 0.6 is 0 Å². The highest BCUT2D eigenvalue weighted by atomic mass is 19.1. The molecule has 1 aliphatic rings. The fraction of sp³-hybridized carbons (Fsp3) is 0.192. The number of hydrogen-bond donors (Lipinski definition) is 1. The van der Waals surface area contributed by atoms with Gasteiger partial charge in [-0.05, 0) is 72.5 Å². The zero-order valence-electron chi connectivity index (χ0n) is 18.5. The number of halogens is 1. The highest BCUT2D eigenvalue weighted by Crippen LogP contribution is 2.41. The first-order valence-electron chi connectivity index (χ1n) is 10.4. The Kier molecular flexibility index (Phi) is 5.96. The van der Waals surface area contributed by atoms with Crippen LogP contribution in [0.4, 0.5) is 4.39 Å². The van der Waals surface area contributed by atoms with E-state index in [1.165, 1.54) is 17.0 Å². The molecule has 0 radical (unpaired) electrons. The third-order valence-electron chi connectivity index (χ3n) is 5.82. The highest BCUT2D eigenvalue weighted by molar-refractivity contribution is 6.46. The number of pyridine rings is 1. The standard InChI is InChI=1S/C26H23FN2O4/c1-15-13-21(33-3)16(2)12-20(15)24(30)22-23(18-8-10-28-11-9-18)29(26(32)25(22)31)14-17-4-6-19(27)7-5-17/h4-13,23,30H,14H2,1-3H3/b24-22+. The number of aromatic nitrogens is 1. The Labute approximate surface area is 191 Å². The second kappa shape index (κ2) is 8.86. The van der Waals surface area contributed by atoms with Crippen molar-refractivity contribution in [3.63, 3.8) is 0 Å². The molecule has 1 aliphatic heterocycles. The molecule has 2 heterocycles. The molecule has 0 aliphatic carbocycles. The van der Waals surface area contributed by atoms with Gasteiger partial charge in [0.1, 0.15) is 17.3 Å². The molecule has 2 aromatic carbocycles. The summed E-state index contributed by atoms with van der Waals surface area (Å²) in [7, 11) is 1.56. The van der Waals surface area contributed by atoms with Crippen molar-refractivity contribution in [2.45, 2.75) is 26.4 Å². The van der Waals surface area contributed by atoms with Crippen LogP contribution in [0.5, 0.6) is 5.75 Å². The lowest BCUT2D eigenvalue weighted by Gasteiger charge is -2.25. The summed E-state index contributed by atoms with van der Waals surface area (Å²) in [5.74, 6) is -1.49. The van der Waals surface area contributed by atoms with Gasteiger partial charge in [0, 0.05) is 24.5 Å². The Hall–Kier alpha value is -4.00. The summed E-state index contributed by atoms with van der Waals surface area (Å²) in [6.07, 6.45) is 3.13. The van der Waals surface area contributed by atoms with E-state index in [4.69, 9.17) is 4.74 Å². The number of hydrogen-bond acceptors (Lipinski definition) is 5. The van der Waals surface area contributed by atoms with Crippen LogP contribution in [-0.2, 0) is 16.1 Å². The van der Waals surface area contributed by atoms with Crippen molar-refractivity contribution in [2.24, 2.45) is 0 Å². The zero-order chi connectivity index (χ0) is 23.7. The van der Waals surface area contributed by atoms with E-state index in [2.05, 4.69) is 4.98 Å². The van der Waals surface area contributed by atoms with E-state index in [0.717, 1.165) is 5.56 Å². The third-order valence-corrected chi connectivity index (χ3v) is 5.82. The number of carbonyl (C=O) groups excluding carboxylic acids is 2. The van der Waals surface area contributed by atoms with E-state index in [1.807, 2.05) is 6.92 Å². The van der Waals surface area contributed by atoms with Gasteiger partial charge in [0.05, 0.1) is 18.7 Å². The van der Waals surface area contributed by atoms with Crippen molar-refractivity contribution >= 4 is 17.4 Å².